The average Bonchev–Trinajstić information content (AvgIpc) is 2.47. The maximum atomic E-state index is 12.2. The zero-order valence-electron chi connectivity index (χ0n) is 11.4. The van der Waals surface area contributed by atoms with Gasteiger partial charge in [0.2, 0.25) is 5.91 Å². The van der Waals surface area contributed by atoms with Crippen LogP contribution in [0.25, 0.3) is 0 Å². The molecule has 3 N–H and O–H groups in total. The second kappa shape index (κ2) is 7.31. The smallest absolute Gasteiger partial charge is 0.241 e. The summed E-state index contributed by atoms with van der Waals surface area (Å²) in [6, 6.07) is 4.98. The zero-order chi connectivity index (χ0) is 14.5. The number of nitrogens with two attached hydrogens (primary N) is 1. The van der Waals surface area contributed by atoms with Gasteiger partial charge in [-0.05, 0) is 43.2 Å². The van der Waals surface area contributed by atoms with Gasteiger partial charge in [-0.25, -0.2) is 0 Å². The standard InChI is InChI=1S/C14H19ClN2O2S/c1-20-12-3-2-10(8-11(12)15)17-14(18)13(16)9-4-6-19-7-5-9/h2-3,8-9,13H,4-7,16H2,1H3,(H,17,18). The van der Waals surface area contributed by atoms with Gasteiger partial charge >= 0.3 is 0 Å². The van der Waals surface area contributed by atoms with E-state index in [2.05, 4.69) is 5.32 Å². The van der Waals surface area contributed by atoms with Gasteiger partial charge in [0.15, 0.2) is 0 Å². The first-order valence-electron chi connectivity index (χ1n) is 6.59. The lowest BCUT2D eigenvalue weighted by molar-refractivity contribution is -0.119. The normalized spacial score (nSPS) is 17.8. The molecule has 0 bridgehead atoms. The maximum Gasteiger partial charge on any atom is 0.241 e. The second-order valence-electron chi connectivity index (χ2n) is 4.81. The summed E-state index contributed by atoms with van der Waals surface area (Å²) in [6.45, 7) is 1.36. The summed E-state index contributed by atoms with van der Waals surface area (Å²) in [4.78, 5) is 13.1. The van der Waals surface area contributed by atoms with Crippen molar-refractivity contribution in [3.05, 3.63) is 23.2 Å². The van der Waals surface area contributed by atoms with E-state index >= 15 is 0 Å². The number of ether oxygens (including phenoxy) is 1. The molecule has 1 unspecified atom stereocenters. The predicted octanol–water partition coefficient (Wildman–Crippen LogP) is 2.75. The number of thioether (sulfide) groups is 1. The molecule has 0 spiro atoms. The van der Waals surface area contributed by atoms with E-state index in [0.717, 1.165) is 17.7 Å². The largest absolute Gasteiger partial charge is 0.381 e. The fourth-order valence-corrected chi connectivity index (χ4v) is 3.13. The Hall–Kier alpha value is -0.750. The van der Waals surface area contributed by atoms with Crippen LogP contribution in [0, 0.1) is 5.92 Å². The highest BCUT2D eigenvalue weighted by atomic mass is 35.5. The lowest BCUT2D eigenvalue weighted by atomic mass is 9.92. The molecule has 1 amide bonds. The quantitative estimate of drug-likeness (QED) is 0.839. The highest BCUT2D eigenvalue weighted by Gasteiger charge is 2.26. The molecular weight excluding hydrogens is 296 g/mol. The molecule has 0 aliphatic carbocycles. The second-order valence-corrected chi connectivity index (χ2v) is 6.07. The molecule has 1 fully saturated rings. The van der Waals surface area contributed by atoms with Crippen LogP contribution in [0.3, 0.4) is 0 Å². The van der Waals surface area contributed by atoms with E-state index < -0.39 is 6.04 Å². The van der Waals surface area contributed by atoms with E-state index in [0.29, 0.717) is 23.9 Å². The van der Waals surface area contributed by atoms with Gasteiger partial charge in [0.25, 0.3) is 0 Å². The summed E-state index contributed by atoms with van der Waals surface area (Å²) in [5, 5.41) is 3.47. The van der Waals surface area contributed by atoms with Crippen molar-refractivity contribution >= 4 is 35.0 Å². The Morgan fingerprint density at radius 2 is 2.20 bits per heavy atom. The monoisotopic (exact) mass is 314 g/mol. The molecule has 1 heterocycles. The van der Waals surface area contributed by atoms with Gasteiger partial charge in [-0.3, -0.25) is 4.79 Å². The number of amides is 1. The Labute approximate surface area is 128 Å². The van der Waals surface area contributed by atoms with E-state index in [4.69, 9.17) is 22.1 Å². The Kier molecular flexibility index (Phi) is 5.72. The van der Waals surface area contributed by atoms with Crippen LogP contribution in [0.5, 0.6) is 0 Å². The highest BCUT2D eigenvalue weighted by molar-refractivity contribution is 7.98. The summed E-state index contributed by atoms with van der Waals surface area (Å²) >= 11 is 7.69. The first-order valence-corrected chi connectivity index (χ1v) is 8.20. The predicted molar refractivity (Wildman–Crippen MR) is 83.4 cm³/mol. The number of anilines is 1. The van der Waals surface area contributed by atoms with Crippen LogP contribution < -0.4 is 11.1 Å². The minimum Gasteiger partial charge on any atom is -0.381 e. The van der Waals surface area contributed by atoms with Crippen molar-refractivity contribution in [1.82, 2.24) is 0 Å². The minimum atomic E-state index is -0.502. The number of hydrogen-bond acceptors (Lipinski definition) is 4. The van der Waals surface area contributed by atoms with Crippen molar-refractivity contribution in [2.45, 2.75) is 23.8 Å². The van der Waals surface area contributed by atoms with Crippen molar-refractivity contribution < 1.29 is 9.53 Å². The molecule has 1 aliphatic rings. The number of halogens is 1. The third-order valence-corrected chi connectivity index (χ3v) is 4.72. The molecule has 0 saturated carbocycles. The van der Waals surface area contributed by atoms with Crippen LogP contribution in [0.15, 0.2) is 23.1 Å². The molecule has 110 valence electrons. The van der Waals surface area contributed by atoms with Gasteiger partial charge in [0.1, 0.15) is 0 Å². The molecule has 1 aromatic carbocycles. The van der Waals surface area contributed by atoms with Crippen molar-refractivity contribution in [1.29, 1.82) is 0 Å². The van der Waals surface area contributed by atoms with Gasteiger partial charge in [0, 0.05) is 23.8 Å². The Morgan fingerprint density at radius 1 is 1.50 bits per heavy atom. The first kappa shape index (κ1) is 15.6. The third-order valence-electron chi connectivity index (χ3n) is 3.50. The summed E-state index contributed by atoms with van der Waals surface area (Å²) in [5.74, 6) is 0.0227. The summed E-state index contributed by atoms with van der Waals surface area (Å²) in [6.07, 6.45) is 3.63. The molecular formula is C14H19ClN2O2S. The van der Waals surface area contributed by atoms with Crippen molar-refractivity contribution in [2.75, 3.05) is 24.8 Å². The molecule has 1 atom stereocenters. The first-order chi connectivity index (χ1) is 9.61. The molecule has 1 aromatic rings. The van der Waals surface area contributed by atoms with E-state index in [9.17, 15) is 4.79 Å². The number of hydrogen-bond donors (Lipinski definition) is 2. The number of nitrogens with one attached hydrogen (secondary N) is 1. The number of rotatable bonds is 4. The topological polar surface area (TPSA) is 64.4 Å². The molecule has 6 heteroatoms. The van der Waals surface area contributed by atoms with Gasteiger partial charge in [-0.15, -0.1) is 11.8 Å². The van der Waals surface area contributed by atoms with Crippen molar-refractivity contribution in [3.63, 3.8) is 0 Å². The zero-order valence-corrected chi connectivity index (χ0v) is 13.0. The number of carbonyl (C=O) groups is 1. The Balaban J connectivity index is 1.98. The van der Waals surface area contributed by atoms with Crippen LogP contribution in [0.1, 0.15) is 12.8 Å². The Bertz CT molecular complexity index is 478. The van der Waals surface area contributed by atoms with Gasteiger partial charge in [-0.2, -0.15) is 0 Å². The minimum absolute atomic E-state index is 0.162. The summed E-state index contributed by atoms with van der Waals surface area (Å²) in [5.41, 5.74) is 6.71. The van der Waals surface area contributed by atoms with E-state index in [1.807, 2.05) is 18.4 Å². The maximum absolute atomic E-state index is 12.2. The fraction of sp³-hybridized carbons (Fsp3) is 0.500. The van der Waals surface area contributed by atoms with Crippen LogP contribution >= 0.6 is 23.4 Å². The molecule has 1 aliphatic heterocycles. The summed E-state index contributed by atoms with van der Waals surface area (Å²) < 4.78 is 5.28. The van der Waals surface area contributed by atoms with E-state index in [-0.39, 0.29) is 11.8 Å². The molecule has 1 saturated heterocycles. The molecule has 0 radical (unpaired) electrons. The molecule has 4 nitrogen and oxygen atoms in total. The van der Waals surface area contributed by atoms with Crippen LogP contribution in [-0.4, -0.2) is 31.4 Å². The van der Waals surface area contributed by atoms with Gasteiger partial charge < -0.3 is 15.8 Å². The van der Waals surface area contributed by atoms with Gasteiger partial charge in [0.05, 0.1) is 11.1 Å². The van der Waals surface area contributed by atoms with Crippen LogP contribution in [0.4, 0.5) is 5.69 Å². The SMILES string of the molecule is CSc1ccc(NC(=O)C(N)C2CCOCC2)cc1Cl. The highest BCUT2D eigenvalue weighted by Crippen LogP contribution is 2.28. The Morgan fingerprint density at radius 3 is 2.80 bits per heavy atom. The fourth-order valence-electron chi connectivity index (χ4n) is 2.26. The number of benzene rings is 1. The lowest BCUT2D eigenvalue weighted by Gasteiger charge is -2.26. The number of carbonyl (C=O) groups excluding carboxylic acids is 1. The van der Waals surface area contributed by atoms with E-state index in [1.54, 1.807) is 17.8 Å². The lowest BCUT2D eigenvalue weighted by Crippen LogP contribution is -2.44. The van der Waals surface area contributed by atoms with Crippen molar-refractivity contribution in [2.24, 2.45) is 11.7 Å². The molecule has 2 rings (SSSR count). The van der Waals surface area contributed by atoms with Crippen molar-refractivity contribution in [3.8, 4) is 0 Å². The van der Waals surface area contributed by atoms with Gasteiger partial charge in [-0.1, -0.05) is 11.6 Å². The summed E-state index contributed by atoms with van der Waals surface area (Å²) in [7, 11) is 0. The molecule has 20 heavy (non-hydrogen) atoms. The average molecular weight is 315 g/mol. The van der Waals surface area contributed by atoms with E-state index in [1.165, 1.54) is 0 Å². The van der Waals surface area contributed by atoms with Crippen LogP contribution in [0.2, 0.25) is 5.02 Å². The molecule has 0 aromatic heterocycles. The third kappa shape index (κ3) is 3.88. The van der Waals surface area contributed by atoms with Crippen LogP contribution in [-0.2, 0) is 9.53 Å².